The van der Waals surface area contributed by atoms with Crippen LogP contribution in [0.5, 0.6) is 6.01 Å². The third-order valence-electron chi connectivity index (χ3n) is 5.72. The van der Waals surface area contributed by atoms with Gasteiger partial charge in [-0.15, -0.1) is 0 Å². The molecule has 0 saturated carbocycles. The Labute approximate surface area is 166 Å². The second-order valence-corrected chi connectivity index (χ2v) is 7.66. The zero-order chi connectivity index (χ0) is 19.8. The number of ether oxygens (including phenoxy) is 1. The van der Waals surface area contributed by atoms with E-state index in [1.165, 1.54) is 44.5 Å². The number of piperidine rings is 1. The van der Waals surface area contributed by atoms with Gasteiger partial charge in [0.1, 0.15) is 11.3 Å². The molecule has 1 fully saturated rings. The molecule has 150 valence electrons. The Hall–Kier alpha value is -2.93. The van der Waals surface area contributed by atoms with Gasteiger partial charge in [-0.25, -0.2) is 4.39 Å². The fourth-order valence-electron chi connectivity index (χ4n) is 4.33. The molecule has 4 aromatic rings. The van der Waals surface area contributed by atoms with E-state index in [9.17, 15) is 9.18 Å². The maximum absolute atomic E-state index is 13.9. The van der Waals surface area contributed by atoms with Crippen LogP contribution >= 0.6 is 0 Å². The Kier molecular flexibility index (Phi) is 4.67. The Morgan fingerprint density at radius 1 is 1.10 bits per heavy atom. The predicted molar refractivity (Wildman–Crippen MR) is 112 cm³/mol. The van der Waals surface area contributed by atoms with Gasteiger partial charge in [0.05, 0.1) is 17.5 Å². The zero-order valence-electron chi connectivity index (χ0n) is 16.1. The second-order valence-electron chi connectivity index (χ2n) is 7.66. The minimum absolute atomic E-state index is 0.257. The van der Waals surface area contributed by atoms with Crippen molar-refractivity contribution in [1.29, 1.82) is 0 Å². The topological polar surface area (TPSA) is 74.0 Å². The molecule has 0 atom stereocenters. The van der Waals surface area contributed by atoms with E-state index < -0.39 is 0 Å². The molecule has 0 bridgehead atoms. The van der Waals surface area contributed by atoms with Gasteiger partial charge in [0, 0.05) is 28.9 Å². The number of fused-ring (bicyclic) bond motifs is 6. The smallest absolute Gasteiger partial charge is 0.294 e. The van der Waals surface area contributed by atoms with Crippen LogP contribution in [0.1, 0.15) is 25.7 Å². The minimum Gasteiger partial charge on any atom is -0.465 e. The van der Waals surface area contributed by atoms with E-state index in [2.05, 4.69) is 19.9 Å². The predicted octanol–water partition coefficient (Wildman–Crippen LogP) is 3.95. The van der Waals surface area contributed by atoms with Gasteiger partial charge in [-0.05, 0) is 56.6 Å². The molecule has 2 aromatic heterocycles. The molecule has 1 saturated heterocycles. The fraction of sp³-hybridized carbons (Fsp3) is 0.364. The Bertz CT molecular complexity index is 1240. The summed E-state index contributed by atoms with van der Waals surface area (Å²) in [5.41, 5.74) is 1.16. The molecule has 0 amide bonds. The third kappa shape index (κ3) is 3.35. The highest BCUT2D eigenvalue weighted by atomic mass is 19.1. The third-order valence-corrected chi connectivity index (χ3v) is 5.72. The van der Waals surface area contributed by atoms with Crippen LogP contribution in [-0.4, -0.2) is 46.1 Å². The maximum atomic E-state index is 13.9. The number of likely N-dealkylation sites (tertiary alicyclic amines) is 1. The number of halogens is 1. The number of hydrogen-bond acceptors (Lipinski definition) is 4. The van der Waals surface area contributed by atoms with Crippen molar-refractivity contribution in [3.63, 3.8) is 0 Å². The lowest BCUT2D eigenvalue weighted by Gasteiger charge is -2.26. The van der Waals surface area contributed by atoms with Crippen molar-refractivity contribution in [3.05, 3.63) is 46.6 Å². The maximum Gasteiger partial charge on any atom is 0.294 e. The summed E-state index contributed by atoms with van der Waals surface area (Å²) in [5.74, 6) is -0.380. The van der Waals surface area contributed by atoms with Gasteiger partial charge in [-0.3, -0.25) is 4.79 Å². The lowest BCUT2D eigenvalue weighted by molar-refractivity contribution is 0.201. The number of nitrogens with one attached hydrogen (secondary N) is 2. The standard InChI is InChI=1S/C22H23FN4O2/c23-14-5-6-15-17(13-14)18-16(7-8-24-21(18)28)20-19(15)25-22(26-20)29-12-4-11-27-9-2-1-3-10-27/h5-8,13H,1-4,9-12H2,(H,24,28)(H,25,26). The number of benzene rings is 2. The molecule has 7 heteroatoms. The summed E-state index contributed by atoms with van der Waals surface area (Å²) in [7, 11) is 0. The van der Waals surface area contributed by atoms with Crippen LogP contribution in [0, 0.1) is 5.82 Å². The molecule has 6 nitrogen and oxygen atoms in total. The lowest BCUT2D eigenvalue weighted by atomic mass is 10.0. The fourth-order valence-corrected chi connectivity index (χ4v) is 4.33. The Morgan fingerprint density at radius 3 is 2.83 bits per heavy atom. The van der Waals surface area contributed by atoms with E-state index in [-0.39, 0.29) is 11.4 Å². The summed E-state index contributed by atoms with van der Waals surface area (Å²) in [4.78, 5) is 25.4. The van der Waals surface area contributed by atoms with Crippen LogP contribution in [0.25, 0.3) is 32.6 Å². The minimum atomic E-state index is -0.380. The van der Waals surface area contributed by atoms with Crippen LogP contribution < -0.4 is 10.3 Å². The van der Waals surface area contributed by atoms with E-state index >= 15 is 0 Å². The number of hydrogen-bond donors (Lipinski definition) is 2. The number of rotatable bonds is 5. The first-order chi connectivity index (χ1) is 14.2. The monoisotopic (exact) mass is 394 g/mol. The van der Waals surface area contributed by atoms with Crippen molar-refractivity contribution in [2.45, 2.75) is 25.7 Å². The van der Waals surface area contributed by atoms with Gasteiger partial charge < -0.3 is 19.6 Å². The second kappa shape index (κ2) is 7.48. The van der Waals surface area contributed by atoms with Gasteiger partial charge in [0.2, 0.25) is 0 Å². The SMILES string of the molecule is O=c1[nH]ccc2c3nc(OCCCN4CCCCC4)[nH]c3c3ccc(F)cc3c12. The van der Waals surface area contributed by atoms with Gasteiger partial charge in [0.25, 0.3) is 11.6 Å². The van der Waals surface area contributed by atoms with E-state index in [4.69, 9.17) is 4.74 Å². The number of aromatic nitrogens is 3. The van der Waals surface area contributed by atoms with E-state index in [1.54, 1.807) is 18.3 Å². The Morgan fingerprint density at radius 2 is 1.97 bits per heavy atom. The van der Waals surface area contributed by atoms with Crippen molar-refractivity contribution < 1.29 is 9.13 Å². The van der Waals surface area contributed by atoms with Crippen molar-refractivity contribution in [2.24, 2.45) is 0 Å². The molecule has 1 aliphatic rings. The Balaban J connectivity index is 1.48. The average Bonchev–Trinajstić information content (AvgIpc) is 3.16. The average molecular weight is 394 g/mol. The molecule has 29 heavy (non-hydrogen) atoms. The molecule has 0 aliphatic carbocycles. The number of aromatic amines is 2. The van der Waals surface area contributed by atoms with Gasteiger partial charge >= 0.3 is 0 Å². The highest BCUT2D eigenvalue weighted by Crippen LogP contribution is 2.33. The van der Waals surface area contributed by atoms with Crippen LogP contribution in [-0.2, 0) is 0 Å². The van der Waals surface area contributed by atoms with Gasteiger partial charge in [-0.2, -0.15) is 4.98 Å². The van der Waals surface area contributed by atoms with E-state index in [0.29, 0.717) is 34.3 Å². The number of H-pyrrole nitrogens is 2. The van der Waals surface area contributed by atoms with Crippen molar-refractivity contribution >= 4 is 32.6 Å². The summed E-state index contributed by atoms with van der Waals surface area (Å²) < 4.78 is 19.8. The molecular weight excluding hydrogens is 371 g/mol. The van der Waals surface area contributed by atoms with Crippen molar-refractivity contribution in [3.8, 4) is 6.01 Å². The highest BCUT2D eigenvalue weighted by Gasteiger charge is 2.16. The molecule has 5 rings (SSSR count). The highest BCUT2D eigenvalue weighted by molar-refractivity contribution is 6.23. The first-order valence-electron chi connectivity index (χ1n) is 10.2. The van der Waals surface area contributed by atoms with E-state index in [0.717, 1.165) is 23.9 Å². The molecule has 1 aliphatic heterocycles. The summed E-state index contributed by atoms with van der Waals surface area (Å²) >= 11 is 0. The van der Waals surface area contributed by atoms with Crippen LogP contribution in [0.2, 0.25) is 0 Å². The first kappa shape index (κ1) is 18.1. The van der Waals surface area contributed by atoms with Crippen LogP contribution in [0.3, 0.4) is 0 Å². The van der Waals surface area contributed by atoms with Gasteiger partial charge in [0.15, 0.2) is 0 Å². The summed E-state index contributed by atoms with van der Waals surface area (Å²) in [6, 6.07) is 6.69. The molecule has 0 spiro atoms. The summed E-state index contributed by atoms with van der Waals surface area (Å²) in [5, 5.41) is 2.44. The molecule has 0 radical (unpaired) electrons. The lowest BCUT2D eigenvalue weighted by Crippen LogP contribution is -2.31. The molecule has 0 unspecified atom stereocenters. The molecule has 2 N–H and O–H groups in total. The summed E-state index contributed by atoms with van der Waals surface area (Å²) in [6.07, 6.45) is 6.42. The molecule has 2 aromatic carbocycles. The first-order valence-corrected chi connectivity index (χ1v) is 10.2. The number of pyridine rings is 1. The van der Waals surface area contributed by atoms with Crippen molar-refractivity contribution in [2.75, 3.05) is 26.2 Å². The van der Waals surface area contributed by atoms with Gasteiger partial charge in [-0.1, -0.05) is 6.42 Å². The zero-order valence-corrected chi connectivity index (χ0v) is 16.1. The largest absolute Gasteiger partial charge is 0.465 e. The quantitative estimate of drug-likeness (QED) is 0.397. The number of nitrogens with zero attached hydrogens (tertiary/aromatic N) is 2. The van der Waals surface area contributed by atoms with Crippen LogP contribution in [0.15, 0.2) is 35.3 Å². The van der Waals surface area contributed by atoms with E-state index in [1.807, 2.05) is 0 Å². The molecular formula is C22H23FN4O2. The number of imidazole rings is 1. The summed E-state index contributed by atoms with van der Waals surface area (Å²) in [6.45, 7) is 3.95. The van der Waals surface area contributed by atoms with Crippen molar-refractivity contribution in [1.82, 2.24) is 19.9 Å². The normalized spacial score (nSPS) is 15.5. The van der Waals surface area contributed by atoms with Crippen LogP contribution in [0.4, 0.5) is 4.39 Å². The molecule has 3 heterocycles.